The second-order valence-electron chi connectivity index (χ2n) is 9.48. The summed E-state index contributed by atoms with van der Waals surface area (Å²) in [6, 6.07) is 0. The van der Waals surface area contributed by atoms with Crippen molar-refractivity contribution in [1.82, 2.24) is 4.90 Å². The van der Waals surface area contributed by atoms with Gasteiger partial charge in [-0.2, -0.15) is 11.8 Å². The molecule has 0 aromatic carbocycles. The van der Waals surface area contributed by atoms with Crippen LogP contribution in [0.3, 0.4) is 0 Å². The van der Waals surface area contributed by atoms with Crippen LogP contribution in [-0.2, 0) is 0 Å². The van der Waals surface area contributed by atoms with Crippen LogP contribution in [0.25, 0.3) is 0 Å². The van der Waals surface area contributed by atoms with Crippen molar-refractivity contribution in [2.24, 2.45) is 17.8 Å². The van der Waals surface area contributed by atoms with Crippen molar-refractivity contribution in [2.45, 2.75) is 100 Å². The standard InChI is InChI=1S/C14H13NS.C7H16.C6H12.C4H10O.C2H6/c1-4-12-10-14(16-3)11(2)15(12)13-8-6-5-7-9-13;1-5-7(4)6(2)3;1-4-5-6(2)3;1-4(2)3-5;1-2/h6,8-9,14H,1-2,10H2,3H3;6-7H,5H2,1-4H3;2,4-5H2,1,3H3;4-5H,3H2,1-2H3;1-2H3. The first-order valence-corrected chi connectivity index (χ1v) is 14.8. The molecule has 2 aliphatic rings. The Morgan fingerprint density at radius 2 is 1.75 bits per heavy atom. The highest BCUT2D eigenvalue weighted by atomic mass is 32.2. The number of allylic oxidation sites excluding steroid dienone is 5. The van der Waals surface area contributed by atoms with Crippen molar-refractivity contribution >= 4 is 11.8 Å². The van der Waals surface area contributed by atoms with Crippen LogP contribution in [0, 0.1) is 17.8 Å². The second-order valence-corrected chi connectivity index (χ2v) is 10.5. The van der Waals surface area contributed by atoms with E-state index >= 15 is 0 Å². The molecule has 1 aliphatic carbocycles. The van der Waals surface area contributed by atoms with E-state index < -0.39 is 0 Å². The zero-order valence-corrected chi connectivity index (χ0v) is 26.3. The molecular formula is C33H57NOS. The van der Waals surface area contributed by atoms with E-state index in [1.54, 1.807) is 0 Å². The van der Waals surface area contributed by atoms with Crippen LogP contribution in [0.1, 0.15) is 94.9 Å². The third-order valence-corrected chi connectivity index (χ3v) is 6.53. The third kappa shape index (κ3) is 18.4. The lowest BCUT2D eigenvalue weighted by Crippen LogP contribution is -2.15. The third-order valence-electron chi connectivity index (χ3n) is 5.52. The summed E-state index contributed by atoms with van der Waals surface area (Å²) < 4.78 is 0. The Balaban J connectivity index is -0.000000456. The molecule has 3 heteroatoms. The Bertz CT molecular complexity index is 783. The van der Waals surface area contributed by atoms with Crippen LogP contribution < -0.4 is 0 Å². The zero-order valence-electron chi connectivity index (χ0n) is 25.5. The lowest BCUT2D eigenvalue weighted by molar-refractivity contribution is 0.248. The minimum atomic E-state index is 0.306. The number of aliphatic hydroxyl groups excluding tert-OH is 1. The first-order chi connectivity index (χ1) is 17.0. The predicted octanol–water partition coefficient (Wildman–Crippen LogP) is 10.1. The maximum Gasteiger partial charge on any atom is 0.0662 e. The second kappa shape index (κ2) is 24.8. The Labute approximate surface area is 230 Å². The van der Waals surface area contributed by atoms with Crippen LogP contribution in [0.5, 0.6) is 0 Å². The Morgan fingerprint density at radius 1 is 1.19 bits per heavy atom. The summed E-state index contributed by atoms with van der Waals surface area (Å²) in [6.07, 6.45) is 12.5. The normalized spacial score (nSPS) is 15.9. The predicted molar refractivity (Wildman–Crippen MR) is 167 cm³/mol. The van der Waals surface area contributed by atoms with E-state index in [2.05, 4.69) is 89.6 Å². The van der Waals surface area contributed by atoms with Gasteiger partial charge in [-0.1, -0.05) is 105 Å². The number of hydrogen-bond acceptors (Lipinski definition) is 3. The van der Waals surface area contributed by atoms with Gasteiger partial charge in [-0.15, -0.1) is 12.3 Å². The number of nitrogens with zero attached hydrogens (tertiary/aromatic N) is 1. The molecule has 2 rings (SSSR count). The SMILES string of the molecule is C=C(C)CCC.C=C=C1CC(SC)C(=C)N1C1=CC=C=C=C1.CC.CC(C)CO.CCC(C)C(C)C. The number of thioether (sulfide) groups is 1. The van der Waals surface area contributed by atoms with Gasteiger partial charge in [0.2, 0.25) is 0 Å². The van der Waals surface area contributed by atoms with Gasteiger partial charge in [0.15, 0.2) is 0 Å². The Kier molecular flexibility index (Phi) is 26.7. The number of likely N-dealkylation sites (tertiary alicyclic amines) is 1. The van der Waals surface area contributed by atoms with Gasteiger partial charge >= 0.3 is 0 Å². The maximum atomic E-state index is 8.14. The maximum absolute atomic E-state index is 8.14. The van der Waals surface area contributed by atoms with Gasteiger partial charge < -0.3 is 10.0 Å². The number of rotatable bonds is 7. The molecule has 0 aromatic heterocycles. The fourth-order valence-corrected chi connectivity index (χ4v) is 3.47. The molecule has 0 bridgehead atoms. The molecule has 0 aromatic rings. The highest BCUT2D eigenvalue weighted by molar-refractivity contribution is 7.99. The van der Waals surface area contributed by atoms with Gasteiger partial charge in [0.25, 0.3) is 0 Å². The molecule has 2 atom stereocenters. The van der Waals surface area contributed by atoms with Gasteiger partial charge in [0.1, 0.15) is 0 Å². The van der Waals surface area contributed by atoms with Crippen LogP contribution in [-0.4, -0.2) is 28.1 Å². The zero-order chi connectivity index (χ0) is 28.7. The molecule has 1 heterocycles. The summed E-state index contributed by atoms with van der Waals surface area (Å²) in [4.78, 5) is 2.11. The van der Waals surface area contributed by atoms with E-state index in [-0.39, 0.29) is 0 Å². The molecule has 1 N–H and O–H groups in total. The van der Waals surface area contributed by atoms with Crippen molar-refractivity contribution in [2.75, 3.05) is 12.9 Å². The van der Waals surface area contributed by atoms with E-state index in [4.69, 9.17) is 5.11 Å². The van der Waals surface area contributed by atoms with Crippen LogP contribution in [0.15, 0.2) is 77.8 Å². The number of aliphatic hydroxyl groups is 1. The average Bonchev–Trinajstić information content (AvgIpc) is 3.21. The summed E-state index contributed by atoms with van der Waals surface area (Å²) in [5.74, 6) is 2.21. The molecule has 2 nitrogen and oxygen atoms in total. The van der Waals surface area contributed by atoms with E-state index in [0.717, 1.165) is 35.3 Å². The Hall–Kier alpha value is -1.85. The van der Waals surface area contributed by atoms with Gasteiger partial charge in [-0.3, -0.25) is 0 Å². The molecule has 0 amide bonds. The fourth-order valence-electron chi connectivity index (χ4n) is 2.77. The highest BCUT2D eigenvalue weighted by Crippen LogP contribution is 2.39. The fraction of sp³-hybridized carbons (Fsp3) is 0.606. The lowest BCUT2D eigenvalue weighted by atomic mass is 9.96. The minimum absolute atomic E-state index is 0.306. The van der Waals surface area contributed by atoms with E-state index in [1.807, 2.05) is 57.7 Å². The molecule has 1 fully saturated rings. The smallest absolute Gasteiger partial charge is 0.0662 e. The quantitative estimate of drug-likeness (QED) is 0.269. The lowest BCUT2D eigenvalue weighted by Gasteiger charge is -2.21. The molecule has 36 heavy (non-hydrogen) atoms. The topological polar surface area (TPSA) is 23.5 Å². The largest absolute Gasteiger partial charge is 0.396 e. The van der Waals surface area contributed by atoms with Crippen molar-refractivity contribution in [3.8, 4) is 0 Å². The highest BCUT2D eigenvalue weighted by Gasteiger charge is 2.31. The van der Waals surface area contributed by atoms with Gasteiger partial charge in [-0.05, 0) is 49.5 Å². The molecule has 0 radical (unpaired) electrons. The molecule has 0 saturated carbocycles. The van der Waals surface area contributed by atoms with Crippen molar-refractivity contribution < 1.29 is 5.11 Å². The first-order valence-electron chi connectivity index (χ1n) is 13.5. The van der Waals surface area contributed by atoms with Crippen LogP contribution in [0.2, 0.25) is 0 Å². The molecule has 206 valence electrons. The summed E-state index contributed by atoms with van der Waals surface area (Å²) in [6.45, 7) is 33.2. The average molecular weight is 516 g/mol. The summed E-state index contributed by atoms with van der Waals surface area (Å²) in [5.41, 5.74) is 13.4. The molecule has 1 aliphatic heterocycles. The van der Waals surface area contributed by atoms with Gasteiger partial charge in [0, 0.05) is 24.8 Å². The van der Waals surface area contributed by atoms with E-state index in [1.165, 1.54) is 24.8 Å². The molecule has 0 spiro atoms. The monoisotopic (exact) mass is 515 g/mol. The van der Waals surface area contributed by atoms with E-state index in [9.17, 15) is 0 Å². The summed E-state index contributed by atoms with van der Waals surface area (Å²) >= 11 is 1.81. The van der Waals surface area contributed by atoms with Gasteiger partial charge in [-0.25, -0.2) is 0 Å². The van der Waals surface area contributed by atoms with Gasteiger partial charge in [0.05, 0.1) is 16.6 Å². The van der Waals surface area contributed by atoms with Crippen LogP contribution >= 0.6 is 11.8 Å². The summed E-state index contributed by atoms with van der Waals surface area (Å²) in [5, 5.41) is 8.57. The van der Waals surface area contributed by atoms with Crippen molar-refractivity contribution in [3.63, 3.8) is 0 Å². The number of hydrogen-bond donors (Lipinski definition) is 1. The van der Waals surface area contributed by atoms with Crippen LogP contribution in [0.4, 0.5) is 0 Å². The molecular weight excluding hydrogens is 458 g/mol. The molecule has 2 unspecified atom stereocenters. The van der Waals surface area contributed by atoms with Crippen molar-refractivity contribution in [1.29, 1.82) is 0 Å². The first kappa shape index (κ1) is 38.7. The minimum Gasteiger partial charge on any atom is -0.396 e. The van der Waals surface area contributed by atoms with Crippen molar-refractivity contribution in [3.05, 3.63) is 77.8 Å². The Morgan fingerprint density at radius 3 is 2.00 bits per heavy atom. The molecule has 1 saturated heterocycles. The van der Waals surface area contributed by atoms with E-state index in [0.29, 0.717) is 17.8 Å². The summed E-state index contributed by atoms with van der Waals surface area (Å²) in [7, 11) is 0.